The third-order valence-electron chi connectivity index (χ3n) is 9.72. The van der Waals surface area contributed by atoms with E-state index in [1.807, 2.05) is 0 Å². The second-order valence-corrected chi connectivity index (χ2v) is 11.2. The molecule has 0 aromatic carbocycles. The molecule has 0 aliphatic heterocycles. The fourth-order valence-corrected chi connectivity index (χ4v) is 8.25. The van der Waals surface area contributed by atoms with Crippen LogP contribution in [0, 0.1) is 28.6 Å². The molecule has 7 nitrogen and oxygen atoms in total. The summed E-state index contributed by atoms with van der Waals surface area (Å²) in [6.45, 7) is 8.57. The molecule has 4 aliphatic rings. The maximum Gasteiger partial charge on any atom is 0.302 e. The van der Waals surface area contributed by atoms with Gasteiger partial charge in [-0.2, -0.15) is 0 Å². The highest BCUT2D eigenvalue weighted by molar-refractivity contribution is 5.67. The Morgan fingerprint density at radius 2 is 1.34 bits per heavy atom. The lowest BCUT2D eigenvalue weighted by Gasteiger charge is -2.66. The number of ether oxygens (including phenoxy) is 3. The Balaban J connectivity index is 1.67. The molecule has 0 bridgehead atoms. The number of rotatable bonds is 3. The van der Waals surface area contributed by atoms with Crippen LogP contribution in [0.5, 0.6) is 0 Å². The maximum atomic E-state index is 12.4. The average molecular weight is 451 g/mol. The summed E-state index contributed by atoms with van der Waals surface area (Å²) in [6.07, 6.45) is 5.06. The van der Waals surface area contributed by atoms with E-state index in [0.717, 1.165) is 32.1 Å². The molecule has 5 unspecified atom stereocenters. The van der Waals surface area contributed by atoms with Crippen LogP contribution < -0.4 is 0 Å². The summed E-state index contributed by atoms with van der Waals surface area (Å²) in [5.41, 5.74) is -1.73. The van der Waals surface area contributed by atoms with Crippen molar-refractivity contribution in [2.45, 2.75) is 110 Å². The lowest BCUT2D eigenvalue weighted by molar-refractivity contribution is -0.277. The van der Waals surface area contributed by atoms with Gasteiger partial charge in [-0.15, -0.1) is 0 Å². The number of esters is 3. The molecule has 32 heavy (non-hydrogen) atoms. The Morgan fingerprint density at radius 3 is 1.97 bits per heavy atom. The number of carbonyl (C=O) groups is 3. The number of carbonyl (C=O) groups excluding carboxylic acids is 3. The molecule has 4 aliphatic carbocycles. The topological polar surface area (TPSA) is 99.1 Å². The van der Waals surface area contributed by atoms with Crippen LogP contribution in [-0.2, 0) is 28.6 Å². The Labute approximate surface area is 190 Å². The van der Waals surface area contributed by atoms with Crippen LogP contribution in [0.1, 0.15) is 86.0 Å². The number of hydrogen-bond acceptors (Lipinski definition) is 7. The van der Waals surface area contributed by atoms with Gasteiger partial charge in [0, 0.05) is 38.0 Å². The van der Waals surface area contributed by atoms with Gasteiger partial charge in [0.15, 0.2) is 0 Å². The van der Waals surface area contributed by atoms with E-state index in [4.69, 9.17) is 14.2 Å². The fourth-order valence-electron chi connectivity index (χ4n) is 8.25. The highest BCUT2D eigenvalue weighted by Gasteiger charge is 2.70. The first-order chi connectivity index (χ1) is 14.9. The lowest BCUT2D eigenvalue weighted by Crippen LogP contribution is -2.70. The molecule has 0 amide bonds. The summed E-state index contributed by atoms with van der Waals surface area (Å²) in [6, 6.07) is 0. The molecule has 4 rings (SSSR count). The molecule has 0 radical (unpaired) electrons. The van der Waals surface area contributed by atoms with Crippen LogP contribution in [-0.4, -0.2) is 46.9 Å². The highest BCUT2D eigenvalue weighted by Crippen LogP contribution is 2.68. The van der Waals surface area contributed by atoms with Crippen molar-refractivity contribution in [2.75, 3.05) is 0 Å². The fraction of sp³-hybridized carbons (Fsp3) is 0.880. The number of hydrogen-bond donors (Lipinski definition) is 1. The minimum atomic E-state index is -0.980. The van der Waals surface area contributed by atoms with Crippen LogP contribution in [0.25, 0.3) is 0 Å². The minimum Gasteiger partial charge on any atom is -0.462 e. The van der Waals surface area contributed by atoms with Crippen LogP contribution >= 0.6 is 0 Å². The average Bonchev–Trinajstić information content (AvgIpc) is 2.99. The largest absolute Gasteiger partial charge is 0.462 e. The Kier molecular flexibility index (Phi) is 5.88. The molecule has 4 fully saturated rings. The summed E-state index contributed by atoms with van der Waals surface area (Å²) in [5.74, 6) is -0.531. The van der Waals surface area contributed by atoms with Crippen molar-refractivity contribution in [3.8, 4) is 0 Å². The van der Waals surface area contributed by atoms with Gasteiger partial charge in [0.1, 0.15) is 18.3 Å². The van der Waals surface area contributed by atoms with Crippen LogP contribution in [0.2, 0.25) is 0 Å². The normalized spacial score (nSPS) is 47.4. The standard InChI is InChI=1S/C25H38O7/c1-14(26)30-18-12-17-6-7-20-19-8-9-21(31-15(2)27)23(19,4)10-11-25(20,29)24(17,5)22(13-18)32-16(3)28/h17-22,29H,6-13H2,1-5H3/t17-,18-,19?,20?,21?,22-,23?,24?,25+/m0/s1. The summed E-state index contributed by atoms with van der Waals surface area (Å²) in [4.78, 5) is 35.4. The smallest absolute Gasteiger partial charge is 0.302 e. The molecule has 4 saturated carbocycles. The Bertz CT molecular complexity index is 795. The Hall–Kier alpha value is -1.63. The highest BCUT2D eigenvalue weighted by atomic mass is 16.6. The zero-order chi connectivity index (χ0) is 23.5. The van der Waals surface area contributed by atoms with Crippen LogP contribution in [0.4, 0.5) is 0 Å². The third kappa shape index (κ3) is 3.46. The van der Waals surface area contributed by atoms with Crippen molar-refractivity contribution in [3.63, 3.8) is 0 Å². The molecule has 180 valence electrons. The molecule has 0 aromatic rings. The van der Waals surface area contributed by atoms with E-state index in [0.29, 0.717) is 19.3 Å². The second kappa shape index (κ2) is 8.00. The summed E-state index contributed by atoms with van der Waals surface area (Å²) in [7, 11) is 0. The van der Waals surface area contributed by atoms with Gasteiger partial charge in [0.25, 0.3) is 0 Å². The molecule has 0 saturated heterocycles. The summed E-state index contributed by atoms with van der Waals surface area (Å²) in [5, 5.41) is 12.4. The van der Waals surface area contributed by atoms with E-state index < -0.39 is 17.1 Å². The van der Waals surface area contributed by atoms with Gasteiger partial charge < -0.3 is 19.3 Å². The minimum absolute atomic E-state index is 0.0615. The molecule has 0 heterocycles. The van der Waals surface area contributed by atoms with E-state index in [9.17, 15) is 19.5 Å². The van der Waals surface area contributed by atoms with E-state index >= 15 is 0 Å². The molecule has 9 atom stereocenters. The molecular formula is C25H38O7. The van der Waals surface area contributed by atoms with Crippen molar-refractivity contribution < 1.29 is 33.7 Å². The third-order valence-corrected chi connectivity index (χ3v) is 9.72. The van der Waals surface area contributed by atoms with Crippen molar-refractivity contribution >= 4 is 17.9 Å². The van der Waals surface area contributed by atoms with Gasteiger partial charge >= 0.3 is 17.9 Å². The van der Waals surface area contributed by atoms with Gasteiger partial charge in [-0.3, -0.25) is 14.4 Å². The van der Waals surface area contributed by atoms with Crippen molar-refractivity contribution in [1.82, 2.24) is 0 Å². The lowest BCUT2D eigenvalue weighted by atomic mass is 9.42. The van der Waals surface area contributed by atoms with E-state index in [1.165, 1.54) is 20.8 Å². The second-order valence-electron chi connectivity index (χ2n) is 11.2. The number of fused-ring (bicyclic) bond motifs is 5. The molecule has 7 heteroatoms. The molecule has 0 aromatic heterocycles. The van der Waals surface area contributed by atoms with E-state index in [2.05, 4.69) is 13.8 Å². The first kappa shape index (κ1) is 23.5. The summed E-state index contributed by atoms with van der Waals surface area (Å²) < 4.78 is 17.1. The maximum absolute atomic E-state index is 12.4. The van der Waals surface area contributed by atoms with E-state index in [-0.39, 0.29) is 53.3 Å². The molecule has 1 N–H and O–H groups in total. The quantitative estimate of drug-likeness (QED) is 0.518. The monoisotopic (exact) mass is 450 g/mol. The van der Waals surface area contributed by atoms with Gasteiger partial charge in [0.2, 0.25) is 0 Å². The summed E-state index contributed by atoms with van der Waals surface area (Å²) >= 11 is 0. The zero-order valence-corrected chi connectivity index (χ0v) is 20.0. The van der Waals surface area contributed by atoms with Crippen molar-refractivity contribution in [1.29, 1.82) is 0 Å². The van der Waals surface area contributed by atoms with Gasteiger partial charge in [0.05, 0.1) is 5.60 Å². The van der Waals surface area contributed by atoms with Crippen molar-refractivity contribution in [3.05, 3.63) is 0 Å². The molecular weight excluding hydrogens is 412 g/mol. The Morgan fingerprint density at radius 1 is 0.750 bits per heavy atom. The SMILES string of the molecule is CC(=O)OC1CCC2C3CC[C@H]4C[C@H](OC(C)=O)C[C@H](OC(C)=O)C4(C)[C@@]3(O)CCC12C. The predicted molar refractivity (Wildman–Crippen MR) is 115 cm³/mol. The zero-order valence-electron chi connectivity index (χ0n) is 20.0. The van der Waals surface area contributed by atoms with Crippen molar-refractivity contribution in [2.24, 2.45) is 28.6 Å². The van der Waals surface area contributed by atoms with E-state index in [1.54, 1.807) is 0 Å². The van der Waals surface area contributed by atoms with Gasteiger partial charge in [-0.05, 0) is 62.7 Å². The first-order valence-electron chi connectivity index (χ1n) is 12.2. The first-order valence-corrected chi connectivity index (χ1v) is 12.2. The van der Waals surface area contributed by atoms with Crippen LogP contribution in [0.15, 0.2) is 0 Å². The molecule has 0 spiro atoms. The van der Waals surface area contributed by atoms with Gasteiger partial charge in [-0.25, -0.2) is 0 Å². The van der Waals surface area contributed by atoms with Crippen LogP contribution in [0.3, 0.4) is 0 Å². The number of aliphatic hydroxyl groups is 1. The van der Waals surface area contributed by atoms with Gasteiger partial charge in [-0.1, -0.05) is 13.8 Å². The predicted octanol–water partition coefficient (Wildman–Crippen LogP) is 3.55.